The Morgan fingerprint density at radius 3 is 2.19 bits per heavy atom. The van der Waals surface area contributed by atoms with Gasteiger partial charge in [0.2, 0.25) is 0 Å². The van der Waals surface area contributed by atoms with Gasteiger partial charge >= 0.3 is 6.18 Å². The molecule has 2 aliphatic rings. The topological polar surface area (TPSA) is 62.2 Å². The van der Waals surface area contributed by atoms with Crippen LogP contribution < -0.4 is 14.4 Å². The number of benzene rings is 3. The van der Waals surface area contributed by atoms with Gasteiger partial charge in [-0.15, -0.1) is 0 Å². The lowest BCUT2D eigenvalue weighted by atomic mass is 9.88. The molecule has 0 aromatic heterocycles. The van der Waals surface area contributed by atoms with E-state index >= 15 is 0 Å². The zero-order valence-electron chi connectivity index (χ0n) is 20.2. The number of ether oxygens (including phenoxy) is 2. The molecule has 1 fully saturated rings. The molecule has 190 valence electrons. The largest absolute Gasteiger partial charge is 0.507 e. The third-order valence-corrected chi connectivity index (χ3v) is 7.16. The summed E-state index contributed by atoms with van der Waals surface area (Å²) < 4.78 is 53.3. The molecule has 5 rings (SSSR count). The summed E-state index contributed by atoms with van der Waals surface area (Å²) in [6.45, 7) is 0.910. The van der Waals surface area contributed by atoms with Crippen molar-refractivity contribution in [1.82, 2.24) is 0 Å². The fourth-order valence-electron chi connectivity index (χ4n) is 5.37. The second-order valence-corrected chi connectivity index (χ2v) is 9.35. The first-order chi connectivity index (χ1) is 17.2. The number of hydrogen-bond donors (Lipinski definition) is 2. The second-order valence-electron chi connectivity index (χ2n) is 9.35. The number of β-amino-alcohol motifs (C(OH)–C–C–N with tert-alkyl or cyclic N) is 1. The van der Waals surface area contributed by atoms with E-state index in [1.165, 1.54) is 12.1 Å². The maximum atomic E-state index is 14.2. The minimum atomic E-state index is -4.61. The van der Waals surface area contributed by atoms with Gasteiger partial charge < -0.3 is 24.6 Å². The third kappa shape index (κ3) is 4.34. The number of phenolic OH excluding ortho intramolecular Hbond substituents is 1. The number of phenols is 1. The summed E-state index contributed by atoms with van der Waals surface area (Å²) in [4.78, 5) is 1.87. The number of halogens is 3. The predicted molar refractivity (Wildman–Crippen MR) is 132 cm³/mol. The highest BCUT2D eigenvalue weighted by Gasteiger charge is 2.36. The molecule has 2 N–H and O–H groups in total. The number of aromatic hydroxyl groups is 1. The van der Waals surface area contributed by atoms with Gasteiger partial charge in [0.05, 0.1) is 25.9 Å². The molecule has 1 atom stereocenters. The molecule has 0 radical (unpaired) electrons. The van der Waals surface area contributed by atoms with Crippen LogP contribution in [0.3, 0.4) is 0 Å². The molecule has 1 aliphatic heterocycles. The monoisotopic (exact) mass is 499 g/mol. The van der Waals surface area contributed by atoms with Crippen LogP contribution >= 0.6 is 0 Å². The highest BCUT2D eigenvalue weighted by molar-refractivity contribution is 5.86. The smallest absolute Gasteiger partial charge is 0.417 e. The molecule has 0 unspecified atom stereocenters. The van der Waals surface area contributed by atoms with E-state index in [9.17, 15) is 23.4 Å². The van der Waals surface area contributed by atoms with E-state index in [1.54, 1.807) is 26.4 Å². The van der Waals surface area contributed by atoms with Crippen LogP contribution in [0.1, 0.15) is 29.5 Å². The van der Waals surface area contributed by atoms with Gasteiger partial charge in [-0.05, 0) is 89.9 Å². The van der Waals surface area contributed by atoms with Gasteiger partial charge in [0.15, 0.2) is 0 Å². The lowest BCUT2D eigenvalue weighted by Crippen LogP contribution is -2.21. The van der Waals surface area contributed by atoms with Crippen LogP contribution in [0.5, 0.6) is 17.2 Å². The molecule has 0 bridgehead atoms. The summed E-state index contributed by atoms with van der Waals surface area (Å²) in [5, 5.41) is 21.2. The first-order valence-corrected chi connectivity index (χ1v) is 12.0. The fourth-order valence-corrected chi connectivity index (χ4v) is 5.37. The molecule has 3 aromatic rings. The van der Waals surface area contributed by atoms with E-state index in [0.717, 1.165) is 35.6 Å². The Morgan fingerprint density at radius 2 is 1.58 bits per heavy atom. The first kappa shape index (κ1) is 24.3. The van der Waals surface area contributed by atoms with Gasteiger partial charge in [-0.2, -0.15) is 13.2 Å². The Balaban J connectivity index is 1.74. The standard InChI is InChI=1S/C28H28F3NO4/c1-35-19-10-16(11-20(13-19)36-2)23-14-25(27(34)22-5-3-4-21(22)23)24-12-17(32-9-8-18(33)15-32)6-7-26(24)28(29,30)31/h6-7,10-14,18,33-34H,3-5,8-9,15H2,1-2H3/t18-/m0/s1. The van der Waals surface area contributed by atoms with Crippen molar-refractivity contribution in [3.05, 3.63) is 59.2 Å². The average Bonchev–Trinajstić information content (AvgIpc) is 3.53. The van der Waals surface area contributed by atoms with Crippen LogP contribution in [0.4, 0.5) is 18.9 Å². The van der Waals surface area contributed by atoms with E-state index in [2.05, 4.69) is 0 Å². The highest BCUT2D eigenvalue weighted by atomic mass is 19.4. The lowest BCUT2D eigenvalue weighted by molar-refractivity contribution is -0.137. The van der Waals surface area contributed by atoms with Crippen LogP contribution in [0, 0.1) is 0 Å². The Hall–Kier alpha value is -3.39. The van der Waals surface area contributed by atoms with E-state index < -0.39 is 17.8 Å². The number of fused-ring (bicyclic) bond motifs is 1. The van der Waals surface area contributed by atoms with Gasteiger partial charge in [0, 0.05) is 30.4 Å². The number of anilines is 1. The first-order valence-electron chi connectivity index (χ1n) is 12.0. The SMILES string of the molecule is COc1cc(OC)cc(-c2cc(-c3cc(N4CC[C@H](O)C4)ccc3C(F)(F)F)c(O)c3c2CCC3)c1. The molecule has 1 aliphatic carbocycles. The summed E-state index contributed by atoms with van der Waals surface area (Å²) in [6, 6.07) is 11.0. The van der Waals surface area contributed by atoms with Crippen LogP contribution in [0.25, 0.3) is 22.3 Å². The maximum absolute atomic E-state index is 14.2. The predicted octanol–water partition coefficient (Wildman–Crippen LogP) is 5.82. The van der Waals surface area contributed by atoms with Crippen molar-refractivity contribution in [2.24, 2.45) is 0 Å². The molecule has 1 heterocycles. The van der Waals surface area contributed by atoms with E-state index in [-0.39, 0.29) is 16.9 Å². The summed E-state index contributed by atoms with van der Waals surface area (Å²) in [5.74, 6) is 1.03. The van der Waals surface area contributed by atoms with Crippen molar-refractivity contribution in [3.63, 3.8) is 0 Å². The van der Waals surface area contributed by atoms with Crippen molar-refractivity contribution >= 4 is 5.69 Å². The number of methoxy groups -OCH3 is 2. The second kappa shape index (κ2) is 9.24. The zero-order chi connectivity index (χ0) is 25.6. The Labute approximate surface area is 207 Å². The van der Waals surface area contributed by atoms with Crippen molar-refractivity contribution < 1.29 is 32.9 Å². The molecule has 8 heteroatoms. The number of alkyl halides is 3. The molecular weight excluding hydrogens is 471 g/mol. The molecule has 3 aromatic carbocycles. The molecular formula is C28H28F3NO4. The molecule has 0 saturated carbocycles. The van der Waals surface area contributed by atoms with Crippen molar-refractivity contribution in [2.75, 3.05) is 32.2 Å². The van der Waals surface area contributed by atoms with Gasteiger partial charge in [-0.25, -0.2) is 0 Å². The number of aliphatic hydroxyl groups excluding tert-OH is 1. The number of hydrogen-bond acceptors (Lipinski definition) is 5. The fraction of sp³-hybridized carbons (Fsp3) is 0.357. The summed E-state index contributed by atoms with van der Waals surface area (Å²) in [7, 11) is 3.09. The summed E-state index contributed by atoms with van der Waals surface area (Å²) in [5.41, 5.74) is 2.94. The van der Waals surface area contributed by atoms with Crippen LogP contribution in [-0.4, -0.2) is 43.6 Å². The van der Waals surface area contributed by atoms with Crippen molar-refractivity contribution in [2.45, 2.75) is 38.0 Å². The average molecular weight is 500 g/mol. The summed E-state index contributed by atoms with van der Waals surface area (Å²) in [6.07, 6.45) is -2.46. The van der Waals surface area contributed by atoms with Gasteiger partial charge in [-0.1, -0.05) is 0 Å². The maximum Gasteiger partial charge on any atom is 0.417 e. The quantitative estimate of drug-likeness (QED) is 0.463. The van der Waals surface area contributed by atoms with E-state index in [0.29, 0.717) is 48.7 Å². The lowest BCUT2D eigenvalue weighted by Gasteiger charge is -2.23. The van der Waals surface area contributed by atoms with Crippen LogP contribution in [0.2, 0.25) is 0 Å². The van der Waals surface area contributed by atoms with Gasteiger partial charge in [0.1, 0.15) is 17.2 Å². The Kier molecular flexibility index (Phi) is 6.24. The number of rotatable bonds is 5. The molecule has 36 heavy (non-hydrogen) atoms. The minimum Gasteiger partial charge on any atom is -0.507 e. The highest BCUT2D eigenvalue weighted by Crippen LogP contribution is 2.48. The van der Waals surface area contributed by atoms with E-state index in [4.69, 9.17) is 9.47 Å². The normalized spacial score (nSPS) is 17.4. The van der Waals surface area contributed by atoms with Gasteiger partial charge in [0.25, 0.3) is 0 Å². The number of aliphatic hydroxyl groups is 1. The molecule has 1 saturated heterocycles. The number of nitrogens with zero attached hydrogens (tertiary/aromatic N) is 1. The van der Waals surface area contributed by atoms with Crippen LogP contribution in [0.15, 0.2) is 42.5 Å². The van der Waals surface area contributed by atoms with Crippen molar-refractivity contribution in [3.8, 4) is 39.5 Å². The van der Waals surface area contributed by atoms with Gasteiger partial charge in [-0.3, -0.25) is 0 Å². The minimum absolute atomic E-state index is 0.0790. The summed E-state index contributed by atoms with van der Waals surface area (Å²) >= 11 is 0. The molecule has 0 amide bonds. The van der Waals surface area contributed by atoms with Crippen LogP contribution in [-0.2, 0) is 19.0 Å². The third-order valence-electron chi connectivity index (χ3n) is 7.16. The van der Waals surface area contributed by atoms with E-state index in [1.807, 2.05) is 17.0 Å². The Morgan fingerprint density at radius 1 is 0.889 bits per heavy atom. The zero-order valence-corrected chi connectivity index (χ0v) is 20.2. The Bertz CT molecular complexity index is 1280. The molecule has 0 spiro atoms. The molecule has 5 nitrogen and oxygen atoms in total. The van der Waals surface area contributed by atoms with Crippen molar-refractivity contribution in [1.29, 1.82) is 0 Å².